The number of aliphatic imine (C=N–C) groups is 1. The molecular formula is C18H31IN4OS. The smallest absolute Gasteiger partial charge is 0.191 e. The highest BCUT2D eigenvalue weighted by Gasteiger charge is 2.59. The predicted molar refractivity (Wildman–Crippen MR) is 115 cm³/mol. The lowest BCUT2D eigenvalue weighted by molar-refractivity contribution is -0.168. The van der Waals surface area contributed by atoms with Crippen LogP contribution < -0.4 is 10.6 Å². The van der Waals surface area contributed by atoms with Crippen molar-refractivity contribution in [3.8, 4) is 0 Å². The summed E-state index contributed by atoms with van der Waals surface area (Å²) in [6.45, 7) is 8.70. The average molecular weight is 478 g/mol. The molecule has 5 nitrogen and oxygen atoms in total. The van der Waals surface area contributed by atoms with E-state index in [1.54, 1.807) is 11.3 Å². The number of halogens is 1. The number of rotatable bonds is 7. The summed E-state index contributed by atoms with van der Waals surface area (Å²) in [6, 6.07) is 0.489. The number of ether oxygens (including phenoxy) is 1. The number of thiazole rings is 1. The maximum atomic E-state index is 5.94. The van der Waals surface area contributed by atoms with Gasteiger partial charge in [-0.3, -0.25) is 0 Å². The predicted octanol–water partition coefficient (Wildman–Crippen LogP) is 3.73. The third-order valence-corrected chi connectivity index (χ3v) is 6.54. The van der Waals surface area contributed by atoms with Crippen molar-refractivity contribution in [2.75, 3.05) is 13.2 Å². The molecule has 2 aliphatic rings. The molecule has 1 aromatic rings. The van der Waals surface area contributed by atoms with Gasteiger partial charge in [0.1, 0.15) is 5.01 Å². The van der Waals surface area contributed by atoms with Gasteiger partial charge >= 0.3 is 0 Å². The maximum absolute atomic E-state index is 5.94. The van der Waals surface area contributed by atoms with E-state index in [0.29, 0.717) is 24.1 Å². The van der Waals surface area contributed by atoms with Crippen LogP contribution in [0, 0.1) is 5.41 Å². The molecule has 2 saturated carbocycles. The van der Waals surface area contributed by atoms with Crippen molar-refractivity contribution in [3.63, 3.8) is 0 Å². The molecule has 0 bridgehead atoms. The fourth-order valence-corrected chi connectivity index (χ4v) is 4.64. The zero-order valence-electron chi connectivity index (χ0n) is 15.5. The van der Waals surface area contributed by atoms with Crippen LogP contribution in [-0.2, 0) is 17.7 Å². The molecule has 1 spiro atoms. The van der Waals surface area contributed by atoms with E-state index < -0.39 is 0 Å². The zero-order valence-corrected chi connectivity index (χ0v) is 18.7. The summed E-state index contributed by atoms with van der Waals surface area (Å²) in [4.78, 5) is 10.5. The standard InChI is InChI=1S/C18H30N4OS.HI/c1-4-13-11-20-16(24-13)12-21-17(19-5-2)22-14-10-15(23-6-3)18(14)8-7-9-18;/h11,14-15H,4-10,12H2,1-3H3,(H2,19,21,22);1H. The van der Waals surface area contributed by atoms with Gasteiger partial charge in [0.25, 0.3) is 0 Å². The number of nitrogens with one attached hydrogen (secondary N) is 2. The van der Waals surface area contributed by atoms with Gasteiger partial charge in [-0.1, -0.05) is 13.3 Å². The number of guanidine groups is 1. The highest BCUT2D eigenvalue weighted by atomic mass is 127. The Kier molecular flexibility index (Phi) is 7.94. The van der Waals surface area contributed by atoms with E-state index in [9.17, 15) is 0 Å². The Bertz CT molecular complexity index is 573. The molecule has 0 amide bonds. The van der Waals surface area contributed by atoms with Crippen molar-refractivity contribution in [1.82, 2.24) is 15.6 Å². The first-order valence-electron chi connectivity index (χ1n) is 9.31. The second-order valence-electron chi connectivity index (χ2n) is 6.73. The molecule has 0 aliphatic heterocycles. The van der Waals surface area contributed by atoms with E-state index in [2.05, 4.69) is 36.4 Å². The van der Waals surface area contributed by atoms with Gasteiger partial charge in [0.15, 0.2) is 5.96 Å². The largest absolute Gasteiger partial charge is 0.378 e. The molecule has 7 heteroatoms. The summed E-state index contributed by atoms with van der Waals surface area (Å²) in [5.74, 6) is 0.914. The van der Waals surface area contributed by atoms with Gasteiger partial charge in [-0.15, -0.1) is 35.3 Å². The van der Waals surface area contributed by atoms with E-state index in [0.717, 1.165) is 37.0 Å². The highest BCUT2D eigenvalue weighted by molar-refractivity contribution is 14.0. The summed E-state index contributed by atoms with van der Waals surface area (Å²) in [5.41, 5.74) is 0.350. The van der Waals surface area contributed by atoms with Gasteiger partial charge in [-0.2, -0.15) is 0 Å². The quantitative estimate of drug-likeness (QED) is 0.356. The normalized spacial score (nSPS) is 24.2. The Morgan fingerprint density at radius 2 is 2.20 bits per heavy atom. The minimum atomic E-state index is 0. The molecule has 0 saturated heterocycles. The number of nitrogens with zero attached hydrogens (tertiary/aromatic N) is 2. The zero-order chi connectivity index (χ0) is 17.0. The van der Waals surface area contributed by atoms with Crippen molar-refractivity contribution in [2.45, 2.75) is 71.6 Å². The van der Waals surface area contributed by atoms with Gasteiger partial charge in [0, 0.05) is 35.7 Å². The molecule has 2 unspecified atom stereocenters. The van der Waals surface area contributed by atoms with Crippen LogP contribution in [0.3, 0.4) is 0 Å². The van der Waals surface area contributed by atoms with Crippen molar-refractivity contribution in [2.24, 2.45) is 10.4 Å². The fourth-order valence-electron chi connectivity index (χ4n) is 3.86. The maximum Gasteiger partial charge on any atom is 0.191 e. The topological polar surface area (TPSA) is 58.5 Å². The summed E-state index contributed by atoms with van der Waals surface area (Å²) in [7, 11) is 0. The Morgan fingerprint density at radius 3 is 2.76 bits per heavy atom. The highest BCUT2D eigenvalue weighted by Crippen LogP contribution is 2.57. The van der Waals surface area contributed by atoms with Crippen LogP contribution in [0.5, 0.6) is 0 Å². The van der Waals surface area contributed by atoms with Crippen molar-refractivity contribution >= 4 is 41.3 Å². The number of hydrogen-bond acceptors (Lipinski definition) is 4. The molecule has 2 atom stereocenters. The molecular weight excluding hydrogens is 447 g/mol. The van der Waals surface area contributed by atoms with E-state index in [-0.39, 0.29) is 24.0 Å². The Hall–Kier alpha value is -0.410. The third kappa shape index (κ3) is 4.47. The van der Waals surface area contributed by atoms with E-state index in [4.69, 9.17) is 9.73 Å². The SMILES string of the molecule is CCNC(=NCc1ncc(CC)s1)NC1CC(OCC)C12CCC2.I. The van der Waals surface area contributed by atoms with Crippen LogP contribution in [0.25, 0.3) is 0 Å². The van der Waals surface area contributed by atoms with Gasteiger partial charge in [-0.25, -0.2) is 9.98 Å². The minimum absolute atomic E-state index is 0. The van der Waals surface area contributed by atoms with Crippen LogP contribution in [-0.4, -0.2) is 36.2 Å². The second kappa shape index (κ2) is 9.50. The first-order valence-corrected chi connectivity index (χ1v) is 10.1. The van der Waals surface area contributed by atoms with Crippen LogP contribution >= 0.6 is 35.3 Å². The molecule has 2 N–H and O–H groups in total. The molecule has 142 valence electrons. The number of aromatic nitrogens is 1. The van der Waals surface area contributed by atoms with Crippen LogP contribution in [0.1, 0.15) is 56.3 Å². The Labute approximate surface area is 172 Å². The van der Waals surface area contributed by atoms with Crippen molar-refractivity contribution in [1.29, 1.82) is 0 Å². The van der Waals surface area contributed by atoms with Gasteiger partial charge < -0.3 is 15.4 Å². The van der Waals surface area contributed by atoms with E-state index in [1.807, 2.05) is 6.20 Å². The van der Waals surface area contributed by atoms with Crippen LogP contribution in [0.15, 0.2) is 11.2 Å². The lowest BCUT2D eigenvalue weighted by Gasteiger charge is -2.61. The first kappa shape index (κ1) is 20.9. The second-order valence-corrected chi connectivity index (χ2v) is 7.93. The summed E-state index contributed by atoms with van der Waals surface area (Å²) in [6.07, 6.45) is 8.43. The van der Waals surface area contributed by atoms with Crippen molar-refractivity contribution in [3.05, 3.63) is 16.1 Å². The van der Waals surface area contributed by atoms with Crippen LogP contribution in [0.4, 0.5) is 0 Å². The Balaban J connectivity index is 0.00000225. The first-order chi connectivity index (χ1) is 11.7. The molecule has 1 aromatic heterocycles. The number of hydrogen-bond donors (Lipinski definition) is 2. The lowest BCUT2D eigenvalue weighted by Crippen LogP contribution is -2.68. The molecule has 2 aliphatic carbocycles. The molecule has 0 aromatic carbocycles. The van der Waals surface area contributed by atoms with E-state index in [1.165, 1.54) is 24.1 Å². The molecule has 0 radical (unpaired) electrons. The van der Waals surface area contributed by atoms with E-state index >= 15 is 0 Å². The third-order valence-electron chi connectivity index (χ3n) is 5.41. The molecule has 25 heavy (non-hydrogen) atoms. The Morgan fingerprint density at radius 1 is 1.40 bits per heavy atom. The lowest BCUT2D eigenvalue weighted by atomic mass is 9.51. The summed E-state index contributed by atoms with van der Waals surface area (Å²) < 4.78 is 5.94. The number of aryl methyl sites for hydroxylation is 1. The van der Waals surface area contributed by atoms with Gasteiger partial charge in [0.05, 0.1) is 12.6 Å². The van der Waals surface area contributed by atoms with Crippen molar-refractivity contribution < 1.29 is 4.74 Å². The monoisotopic (exact) mass is 478 g/mol. The summed E-state index contributed by atoms with van der Waals surface area (Å²) >= 11 is 1.76. The fraction of sp³-hybridized carbons (Fsp3) is 0.778. The average Bonchev–Trinajstić information content (AvgIpc) is 2.98. The van der Waals surface area contributed by atoms with Crippen LogP contribution in [0.2, 0.25) is 0 Å². The molecule has 2 fully saturated rings. The molecule has 1 heterocycles. The van der Waals surface area contributed by atoms with Gasteiger partial charge in [0.2, 0.25) is 0 Å². The van der Waals surface area contributed by atoms with Gasteiger partial charge in [-0.05, 0) is 39.5 Å². The molecule has 3 rings (SSSR count). The summed E-state index contributed by atoms with van der Waals surface area (Å²) in [5, 5.41) is 8.13. The minimum Gasteiger partial charge on any atom is -0.378 e.